The van der Waals surface area contributed by atoms with E-state index in [9.17, 15) is 0 Å². The van der Waals surface area contributed by atoms with Crippen molar-refractivity contribution in [2.75, 3.05) is 11.5 Å². The first-order chi connectivity index (χ1) is 5.11. The molecule has 0 heterocycles. The highest BCUT2D eigenvalue weighted by Gasteiger charge is 2.02. The number of hydrogen-bond donors (Lipinski definition) is 2. The third-order valence-electron chi connectivity index (χ3n) is 1.73. The fourth-order valence-corrected chi connectivity index (χ4v) is 1.12. The third-order valence-corrected chi connectivity index (χ3v) is 1.73. The van der Waals surface area contributed by atoms with Crippen molar-refractivity contribution in [2.24, 2.45) is 0 Å². The Hall–Kier alpha value is -0.600. The van der Waals surface area contributed by atoms with E-state index < -0.39 is 0 Å². The molecular formula is C9H16Cl2N2. The lowest BCUT2D eigenvalue weighted by Gasteiger charge is -2.08. The van der Waals surface area contributed by atoms with Gasteiger partial charge in [0.15, 0.2) is 0 Å². The Morgan fingerprint density at radius 3 is 2.00 bits per heavy atom. The summed E-state index contributed by atoms with van der Waals surface area (Å²) < 4.78 is 0. The molecule has 0 atom stereocenters. The van der Waals surface area contributed by atoms with Crippen LogP contribution in [0, 0.1) is 0 Å². The van der Waals surface area contributed by atoms with E-state index in [-0.39, 0.29) is 24.8 Å². The third kappa shape index (κ3) is 3.75. The molecule has 0 bridgehead atoms. The Labute approximate surface area is 91.5 Å². The molecule has 0 saturated heterocycles. The van der Waals surface area contributed by atoms with Gasteiger partial charge in [0.05, 0.1) is 0 Å². The zero-order valence-corrected chi connectivity index (χ0v) is 9.41. The topological polar surface area (TPSA) is 52.0 Å². The molecule has 2 nitrogen and oxygen atoms in total. The van der Waals surface area contributed by atoms with Crippen molar-refractivity contribution in [3.05, 3.63) is 23.8 Å². The molecule has 1 aromatic carbocycles. The quantitative estimate of drug-likeness (QED) is 0.719. The summed E-state index contributed by atoms with van der Waals surface area (Å²) in [5.41, 5.74) is 14.0. The minimum absolute atomic E-state index is 0. The van der Waals surface area contributed by atoms with Crippen LogP contribution in [0.4, 0.5) is 11.4 Å². The Morgan fingerprint density at radius 1 is 1.08 bits per heavy atom. The van der Waals surface area contributed by atoms with Gasteiger partial charge in [0.2, 0.25) is 0 Å². The Kier molecular flexibility index (Phi) is 6.82. The number of rotatable bonds is 1. The molecule has 0 unspecified atom stereocenters. The van der Waals surface area contributed by atoms with E-state index in [1.54, 1.807) is 6.07 Å². The van der Waals surface area contributed by atoms with Gasteiger partial charge in [-0.05, 0) is 23.6 Å². The van der Waals surface area contributed by atoms with Crippen LogP contribution in [-0.4, -0.2) is 0 Å². The van der Waals surface area contributed by atoms with Crippen LogP contribution in [0.15, 0.2) is 18.2 Å². The number of nitrogens with two attached hydrogens (primary N) is 2. The van der Waals surface area contributed by atoms with Gasteiger partial charge in [-0.15, -0.1) is 24.8 Å². The highest BCUT2D eigenvalue weighted by Crippen LogP contribution is 2.23. The second-order valence-electron chi connectivity index (χ2n) is 3.04. The van der Waals surface area contributed by atoms with E-state index in [0.29, 0.717) is 5.92 Å². The first-order valence-corrected chi connectivity index (χ1v) is 3.76. The van der Waals surface area contributed by atoms with E-state index in [2.05, 4.69) is 13.8 Å². The predicted molar refractivity (Wildman–Crippen MR) is 63.9 cm³/mol. The molecule has 1 rings (SSSR count). The standard InChI is InChI=1S/C9H14N2.2ClH/c1-6(2)8-4-3-7(10)5-9(8)11;;/h3-6H,10-11H2,1-2H3;2*1H. The molecule has 0 radical (unpaired) electrons. The van der Waals surface area contributed by atoms with Crippen molar-refractivity contribution in [3.63, 3.8) is 0 Å². The molecular weight excluding hydrogens is 207 g/mol. The molecule has 4 heteroatoms. The van der Waals surface area contributed by atoms with Crippen molar-refractivity contribution >= 4 is 36.2 Å². The predicted octanol–water partition coefficient (Wildman–Crippen LogP) is 2.82. The van der Waals surface area contributed by atoms with Gasteiger partial charge in [0.25, 0.3) is 0 Å². The maximum atomic E-state index is 5.74. The van der Waals surface area contributed by atoms with Crippen molar-refractivity contribution in [2.45, 2.75) is 19.8 Å². The van der Waals surface area contributed by atoms with E-state index in [1.165, 1.54) is 5.56 Å². The lowest BCUT2D eigenvalue weighted by atomic mass is 10.0. The van der Waals surface area contributed by atoms with Crippen molar-refractivity contribution in [3.8, 4) is 0 Å². The maximum absolute atomic E-state index is 5.74. The summed E-state index contributed by atoms with van der Waals surface area (Å²) in [5.74, 6) is 0.468. The highest BCUT2D eigenvalue weighted by atomic mass is 35.5. The van der Waals surface area contributed by atoms with Gasteiger partial charge < -0.3 is 11.5 Å². The van der Waals surface area contributed by atoms with Crippen LogP contribution < -0.4 is 11.5 Å². The summed E-state index contributed by atoms with van der Waals surface area (Å²) >= 11 is 0. The fraction of sp³-hybridized carbons (Fsp3) is 0.333. The van der Waals surface area contributed by atoms with Crippen molar-refractivity contribution < 1.29 is 0 Å². The number of nitrogen functional groups attached to an aromatic ring is 2. The molecule has 0 aliphatic carbocycles. The highest BCUT2D eigenvalue weighted by molar-refractivity contribution is 5.85. The summed E-state index contributed by atoms with van der Waals surface area (Å²) in [7, 11) is 0. The molecule has 0 aromatic heterocycles. The van der Waals surface area contributed by atoms with E-state index in [0.717, 1.165) is 11.4 Å². The molecule has 0 aliphatic heterocycles. The lowest BCUT2D eigenvalue weighted by Crippen LogP contribution is -1.97. The Morgan fingerprint density at radius 2 is 1.62 bits per heavy atom. The second-order valence-corrected chi connectivity index (χ2v) is 3.04. The fourth-order valence-electron chi connectivity index (χ4n) is 1.12. The van der Waals surface area contributed by atoms with Crippen molar-refractivity contribution in [1.82, 2.24) is 0 Å². The zero-order chi connectivity index (χ0) is 8.43. The molecule has 76 valence electrons. The van der Waals surface area contributed by atoms with Gasteiger partial charge in [-0.3, -0.25) is 0 Å². The number of hydrogen-bond acceptors (Lipinski definition) is 2. The minimum Gasteiger partial charge on any atom is -0.399 e. The summed E-state index contributed by atoms with van der Waals surface area (Å²) in [4.78, 5) is 0. The normalized spacial score (nSPS) is 8.85. The SMILES string of the molecule is CC(C)c1ccc(N)cc1N.Cl.Cl. The van der Waals surface area contributed by atoms with Gasteiger partial charge in [-0.2, -0.15) is 0 Å². The summed E-state index contributed by atoms with van der Waals surface area (Å²) in [6.07, 6.45) is 0. The van der Waals surface area contributed by atoms with Gasteiger partial charge in [-0.25, -0.2) is 0 Å². The molecule has 0 amide bonds. The molecule has 0 saturated carbocycles. The molecule has 4 N–H and O–H groups in total. The van der Waals surface area contributed by atoms with E-state index in [4.69, 9.17) is 11.5 Å². The van der Waals surface area contributed by atoms with Crippen LogP contribution in [0.3, 0.4) is 0 Å². The Bertz CT molecular complexity index is 262. The lowest BCUT2D eigenvalue weighted by molar-refractivity contribution is 0.870. The monoisotopic (exact) mass is 222 g/mol. The van der Waals surface area contributed by atoms with Crippen LogP contribution >= 0.6 is 24.8 Å². The number of anilines is 2. The van der Waals surface area contributed by atoms with Crippen LogP contribution in [0.25, 0.3) is 0 Å². The molecule has 13 heavy (non-hydrogen) atoms. The summed E-state index contributed by atoms with van der Waals surface area (Å²) in [6, 6.07) is 5.66. The maximum Gasteiger partial charge on any atom is 0.0369 e. The smallest absolute Gasteiger partial charge is 0.0369 e. The average molecular weight is 223 g/mol. The van der Waals surface area contributed by atoms with Crippen LogP contribution in [0.5, 0.6) is 0 Å². The zero-order valence-electron chi connectivity index (χ0n) is 7.78. The second kappa shape index (κ2) is 5.95. The number of halogens is 2. The van der Waals surface area contributed by atoms with Crippen LogP contribution in [0.1, 0.15) is 25.3 Å². The first kappa shape index (κ1) is 14.9. The van der Waals surface area contributed by atoms with Gasteiger partial charge in [-0.1, -0.05) is 19.9 Å². The number of benzene rings is 1. The largest absolute Gasteiger partial charge is 0.399 e. The summed E-state index contributed by atoms with van der Waals surface area (Å²) in [5, 5.41) is 0. The molecule has 0 aliphatic rings. The molecule has 0 spiro atoms. The van der Waals surface area contributed by atoms with Crippen LogP contribution in [-0.2, 0) is 0 Å². The van der Waals surface area contributed by atoms with Gasteiger partial charge >= 0.3 is 0 Å². The van der Waals surface area contributed by atoms with E-state index >= 15 is 0 Å². The van der Waals surface area contributed by atoms with E-state index in [1.807, 2.05) is 12.1 Å². The van der Waals surface area contributed by atoms with Crippen LogP contribution in [0.2, 0.25) is 0 Å². The van der Waals surface area contributed by atoms with Gasteiger partial charge in [0, 0.05) is 11.4 Å². The Balaban J connectivity index is 0. The van der Waals surface area contributed by atoms with Crippen molar-refractivity contribution in [1.29, 1.82) is 0 Å². The molecule has 0 fully saturated rings. The average Bonchev–Trinajstić information content (AvgIpc) is 1.85. The van der Waals surface area contributed by atoms with Gasteiger partial charge in [0.1, 0.15) is 0 Å². The molecule has 1 aromatic rings. The summed E-state index contributed by atoms with van der Waals surface area (Å²) in [6.45, 7) is 4.23. The minimum atomic E-state index is 0. The first-order valence-electron chi connectivity index (χ1n) is 3.76.